The second kappa shape index (κ2) is 4.88. The number of hydrazine groups is 1. The zero-order chi connectivity index (χ0) is 14.2. The zero-order valence-electron chi connectivity index (χ0n) is 10.0. The molecule has 0 bridgehead atoms. The number of benzene rings is 1. The van der Waals surface area contributed by atoms with E-state index >= 15 is 0 Å². The lowest BCUT2D eigenvalue weighted by Gasteiger charge is -2.07. The molecule has 0 saturated heterocycles. The third kappa shape index (κ3) is 2.52. The van der Waals surface area contributed by atoms with Crippen molar-refractivity contribution in [3.8, 4) is 10.6 Å². The summed E-state index contributed by atoms with van der Waals surface area (Å²) < 4.78 is 38.0. The summed E-state index contributed by atoms with van der Waals surface area (Å²) in [5.41, 5.74) is 6.04. The molecular weight excluding hydrogens is 289 g/mol. The van der Waals surface area contributed by atoms with Gasteiger partial charge in [-0.25, -0.2) is 15.4 Å². The van der Waals surface area contributed by atoms with Crippen molar-refractivity contribution in [2.24, 2.45) is 4.99 Å². The van der Waals surface area contributed by atoms with Gasteiger partial charge < -0.3 is 5.43 Å². The molecule has 2 aromatic rings. The van der Waals surface area contributed by atoms with Crippen molar-refractivity contribution >= 4 is 17.2 Å². The third-order valence-electron chi connectivity index (χ3n) is 2.71. The summed E-state index contributed by atoms with van der Waals surface area (Å²) in [7, 11) is 0. The van der Waals surface area contributed by atoms with Crippen molar-refractivity contribution < 1.29 is 13.2 Å². The second-order valence-corrected chi connectivity index (χ2v) is 4.94. The van der Waals surface area contributed by atoms with Gasteiger partial charge in [0, 0.05) is 10.9 Å². The average molecular weight is 298 g/mol. The molecular formula is C12H9F3N4S. The smallest absolute Gasteiger partial charge is 0.302 e. The van der Waals surface area contributed by atoms with Crippen LogP contribution in [0.3, 0.4) is 0 Å². The Balaban J connectivity index is 1.93. The van der Waals surface area contributed by atoms with Gasteiger partial charge in [0.25, 0.3) is 0 Å². The van der Waals surface area contributed by atoms with Crippen molar-refractivity contribution in [2.75, 3.05) is 6.67 Å². The molecule has 0 fully saturated rings. The van der Waals surface area contributed by atoms with Crippen LogP contribution in [0.5, 0.6) is 0 Å². The summed E-state index contributed by atoms with van der Waals surface area (Å²) in [5.74, 6) is 0.597. The standard InChI is InChI=1S/C12H9F3N4S/c13-12(14,15)8-3-1-2-7(4-8)11-18-9(5-20-11)10-16-6-17-19-10/h1-5,17H,6H2,(H,16,19). The van der Waals surface area contributed by atoms with Crippen LogP contribution in [0.2, 0.25) is 0 Å². The Hall–Kier alpha value is -1.93. The van der Waals surface area contributed by atoms with Crippen molar-refractivity contribution in [1.29, 1.82) is 0 Å². The van der Waals surface area contributed by atoms with E-state index in [2.05, 4.69) is 20.8 Å². The van der Waals surface area contributed by atoms with Crippen LogP contribution in [-0.2, 0) is 6.18 Å². The summed E-state index contributed by atoms with van der Waals surface area (Å²) >= 11 is 1.28. The summed E-state index contributed by atoms with van der Waals surface area (Å²) in [4.78, 5) is 8.43. The predicted octanol–water partition coefficient (Wildman–Crippen LogP) is 2.64. The number of nitrogens with zero attached hydrogens (tertiary/aromatic N) is 2. The van der Waals surface area contributed by atoms with Gasteiger partial charge in [0.15, 0.2) is 5.84 Å². The molecule has 1 aromatic heterocycles. The van der Waals surface area contributed by atoms with Crippen LogP contribution in [0.15, 0.2) is 34.6 Å². The predicted molar refractivity (Wildman–Crippen MR) is 70.2 cm³/mol. The molecule has 0 spiro atoms. The molecule has 3 rings (SSSR count). The Morgan fingerprint density at radius 2 is 2.10 bits per heavy atom. The number of aromatic nitrogens is 1. The number of hydrogen-bond donors (Lipinski definition) is 2. The Kier molecular flexibility index (Phi) is 3.19. The number of aliphatic imine (C=N–C) groups is 1. The molecule has 8 heteroatoms. The largest absolute Gasteiger partial charge is 0.416 e. The van der Waals surface area contributed by atoms with Crippen LogP contribution < -0.4 is 10.9 Å². The summed E-state index contributed by atoms with van der Waals surface area (Å²) in [5, 5.41) is 2.29. The fraction of sp³-hybridized carbons (Fsp3) is 0.167. The van der Waals surface area contributed by atoms with Crippen LogP contribution >= 0.6 is 11.3 Å². The topological polar surface area (TPSA) is 49.3 Å². The van der Waals surface area contributed by atoms with Gasteiger partial charge in [-0.05, 0) is 12.1 Å². The number of thiazole rings is 1. The van der Waals surface area contributed by atoms with Crippen LogP contribution in [0.1, 0.15) is 11.3 Å². The molecule has 2 N–H and O–H groups in total. The lowest BCUT2D eigenvalue weighted by atomic mass is 10.1. The van der Waals surface area contributed by atoms with Crippen LogP contribution in [-0.4, -0.2) is 17.5 Å². The van der Waals surface area contributed by atoms with Crippen molar-refractivity contribution in [2.45, 2.75) is 6.18 Å². The highest BCUT2D eigenvalue weighted by molar-refractivity contribution is 7.13. The van der Waals surface area contributed by atoms with Crippen LogP contribution in [0.25, 0.3) is 10.6 Å². The summed E-state index contributed by atoms with van der Waals surface area (Å²) in [6.45, 7) is 0.450. The lowest BCUT2D eigenvalue weighted by molar-refractivity contribution is -0.137. The first-order chi connectivity index (χ1) is 9.54. The molecule has 1 aliphatic rings. The first-order valence-corrected chi connectivity index (χ1v) is 6.59. The normalized spacial score (nSPS) is 15.1. The molecule has 0 saturated carbocycles. The molecule has 104 valence electrons. The maximum atomic E-state index is 12.7. The Bertz CT molecular complexity index is 663. The SMILES string of the molecule is FC(F)(F)c1cccc(-c2nc(C3=NCNN3)cs2)c1. The van der Waals surface area contributed by atoms with E-state index in [9.17, 15) is 13.2 Å². The van der Waals surface area contributed by atoms with E-state index in [4.69, 9.17) is 0 Å². The minimum absolute atomic E-state index is 0.447. The highest BCUT2D eigenvalue weighted by Gasteiger charge is 2.30. The minimum atomic E-state index is -4.35. The zero-order valence-corrected chi connectivity index (χ0v) is 10.8. The van der Waals surface area contributed by atoms with Gasteiger partial charge in [-0.2, -0.15) is 13.2 Å². The van der Waals surface area contributed by atoms with Gasteiger partial charge in [-0.15, -0.1) is 11.3 Å². The number of alkyl halides is 3. The number of nitrogens with one attached hydrogen (secondary N) is 2. The number of rotatable bonds is 2. The number of amidine groups is 1. The van der Waals surface area contributed by atoms with E-state index in [1.807, 2.05) is 0 Å². The van der Waals surface area contributed by atoms with Crippen molar-refractivity contribution in [3.05, 3.63) is 40.9 Å². The van der Waals surface area contributed by atoms with Gasteiger partial charge in [0.2, 0.25) is 0 Å². The van der Waals surface area contributed by atoms with E-state index in [1.165, 1.54) is 17.4 Å². The van der Waals surface area contributed by atoms with Gasteiger partial charge in [0.05, 0.1) is 5.56 Å². The Labute approximate surface area is 116 Å². The fourth-order valence-corrected chi connectivity index (χ4v) is 2.57. The Morgan fingerprint density at radius 3 is 2.80 bits per heavy atom. The molecule has 0 aliphatic carbocycles. The highest BCUT2D eigenvalue weighted by atomic mass is 32.1. The fourth-order valence-electron chi connectivity index (χ4n) is 1.77. The number of halogens is 3. The molecule has 1 aromatic carbocycles. The molecule has 4 nitrogen and oxygen atoms in total. The highest BCUT2D eigenvalue weighted by Crippen LogP contribution is 2.33. The van der Waals surface area contributed by atoms with Crippen LogP contribution in [0.4, 0.5) is 13.2 Å². The van der Waals surface area contributed by atoms with Gasteiger partial charge in [-0.3, -0.25) is 0 Å². The van der Waals surface area contributed by atoms with Gasteiger partial charge in [-0.1, -0.05) is 12.1 Å². The second-order valence-electron chi connectivity index (χ2n) is 4.08. The van der Waals surface area contributed by atoms with E-state index in [0.717, 1.165) is 12.1 Å². The molecule has 0 unspecified atom stereocenters. The maximum absolute atomic E-state index is 12.7. The van der Waals surface area contributed by atoms with Gasteiger partial charge >= 0.3 is 6.18 Å². The average Bonchev–Trinajstić information content (AvgIpc) is 3.09. The van der Waals surface area contributed by atoms with Crippen molar-refractivity contribution in [1.82, 2.24) is 15.8 Å². The molecule has 1 aliphatic heterocycles. The Morgan fingerprint density at radius 1 is 1.25 bits per heavy atom. The first kappa shape index (κ1) is 13.1. The molecule has 0 radical (unpaired) electrons. The van der Waals surface area contributed by atoms with E-state index in [-0.39, 0.29) is 0 Å². The molecule has 20 heavy (non-hydrogen) atoms. The van der Waals surface area contributed by atoms with E-state index < -0.39 is 11.7 Å². The van der Waals surface area contributed by atoms with E-state index in [1.54, 1.807) is 11.4 Å². The number of hydrogen-bond acceptors (Lipinski definition) is 5. The van der Waals surface area contributed by atoms with Crippen molar-refractivity contribution in [3.63, 3.8) is 0 Å². The van der Waals surface area contributed by atoms with Gasteiger partial charge in [0.1, 0.15) is 17.4 Å². The minimum Gasteiger partial charge on any atom is -0.302 e. The molecule has 0 atom stereocenters. The quantitative estimate of drug-likeness (QED) is 0.896. The first-order valence-electron chi connectivity index (χ1n) is 5.71. The van der Waals surface area contributed by atoms with E-state index in [0.29, 0.717) is 28.8 Å². The lowest BCUT2D eigenvalue weighted by Crippen LogP contribution is -2.30. The maximum Gasteiger partial charge on any atom is 0.416 e. The summed E-state index contributed by atoms with van der Waals surface area (Å²) in [6, 6.07) is 5.14. The molecule has 0 amide bonds. The monoisotopic (exact) mass is 298 g/mol. The molecule has 2 heterocycles. The summed E-state index contributed by atoms with van der Waals surface area (Å²) in [6.07, 6.45) is -4.35. The van der Waals surface area contributed by atoms with Crippen LogP contribution in [0, 0.1) is 0 Å². The third-order valence-corrected chi connectivity index (χ3v) is 3.60.